The molecule has 0 bridgehead atoms. The van der Waals surface area contributed by atoms with Gasteiger partial charge in [-0.25, -0.2) is 9.97 Å². The summed E-state index contributed by atoms with van der Waals surface area (Å²) in [6, 6.07) is 0.736. The monoisotopic (exact) mass is 260 g/mol. The third-order valence-corrected chi connectivity index (χ3v) is 4.50. The van der Waals surface area contributed by atoms with Crippen molar-refractivity contribution in [2.75, 3.05) is 18.0 Å². The Labute approximate surface area is 115 Å². The maximum absolute atomic E-state index is 4.70. The number of anilines is 1. The second-order valence-corrected chi connectivity index (χ2v) is 6.30. The third-order valence-electron chi connectivity index (χ3n) is 4.50. The summed E-state index contributed by atoms with van der Waals surface area (Å²) in [6.07, 6.45) is 4.64. The zero-order valence-corrected chi connectivity index (χ0v) is 12.2. The summed E-state index contributed by atoms with van der Waals surface area (Å²) in [5, 5.41) is 3.52. The van der Waals surface area contributed by atoms with Gasteiger partial charge in [0.2, 0.25) is 5.95 Å². The second-order valence-electron chi connectivity index (χ2n) is 6.30. The van der Waals surface area contributed by atoms with Crippen molar-refractivity contribution in [1.29, 1.82) is 0 Å². The van der Waals surface area contributed by atoms with Gasteiger partial charge in [-0.1, -0.05) is 13.8 Å². The van der Waals surface area contributed by atoms with Crippen LogP contribution in [0.1, 0.15) is 37.9 Å². The summed E-state index contributed by atoms with van der Waals surface area (Å²) in [5.41, 5.74) is 2.35. The van der Waals surface area contributed by atoms with Crippen LogP contribution in [0.4, 0.5) is 5.95 Å². The first kappa shape index (κ1) is 12.9. The van der Waals surface area contributed by atoms with E-state index >= 15 is 0 Å². The SMILES string of the molecule is Cc1nc(N2CC(C)C(C)C2)ncc1CNC1CC1. The van der Waals surface area contributed by atoms with Gasteiger partial charge in [-0.2, -0.15) is 0 Å². The minimum Gasteiger partial charge on any atom is -0.340 e. The maximum atomic E-state index is 4.70. The molecule has 1 saturated carbocycles. The predicted octanol–water partition coefficient (Wildman–Crippen LogP) is 2.13. The quantitative estimate of drug-likeness (QED) is 0.900. The molecule has 4 nitrogen and oxygen atoms in total. The lowest BCUT2D eigenvalue weighted by Gasteiger charge is -2.17. The van der Waals surface area contributed by atoms with Crippen molar-refractivity contribution in [3.05, 3.63) is 17.5 Å². The molecule has 1 aromatic rings. The molecule has 0 amide bonds. The normalized spacial score (nSPS) is 27.0. The Kier molecular flexibility index (Phi) is 3.44. The van der Waals surface area contributed by atoms with Crippen molar-refractivity contribution in [3.63, 3.8) is 0 Å². The minimum atomic E-state index is 0.736. The van der Waals surface area contributed by atoms with Crippen molar-refractivity contribution < 1.29 is 0 Å². The van der Waals surface area contributed by atoms with E-state index < -0.39 is 0 Å². The van der Waals surface area contributed by atoms with Gasteiger partial charge in [0.1, 0.15) is 0 Å². The van der Waals surface area contributed by atoms with E-state index in [1.54, 1.807) is 0 Å². The van der Waals surface area contributed by atoms with Crippen molar-refractivity contribution in [3.8, 4) is 0 Å². The molecule has 0 radical (unpaired) electrons. The van der Waals surface area contributed by atoms with E-state index in [0.717, 1.165) is 49.2 Å². The molecule has 104 valence electrons. The lowest BCUT2D eigenvalue weighted by Crippen LogP contribution is -2.23. The van der Waals surface area contributed by atoms with Crippen LogP contribution in [0, 0.1) is 18.8 Å². The first-order valence-electron chi connectivity index (χ1n) is 7.44. The van der Waals surface area contributed by atoms with Gasteiger partial charge in [0.15, 0.2) is 0 Å². The fraction of sp³-hybridized carbons (Fsp3) is 0.733. The number of rotatable bonds is 4. The molecule has 0 aromatic carbocycles. The molecule has 19 heavy (non-hydrogen) atoms. The highest BCUT2D eigenvalue weighted by molar-refractivity contribution is 5.34. The molecule has 0 spiro atoms. The zero-order valence-electron chi connectivity index (χ0n) is 12.2. The molecule has 2 unspecified atom stereocenters. The zero-order chi connectivity index (χ0) is 13.4. The van der Waals surface area contributed by atoms with Crippen molar-refractivity contribution in [2.24, 2.45) is 11.8 Å². The first-order chi connectivity index (χ1) is 9.13. The number of aryl methyl sites for hydroxylation is 1. The average Bonchev–Trinajstić information content (AvgIpc) is 3.14. The fourth-order valence-corrected chi connectivity index (χ4v) is 2.64. The van der Waals surface area contributed by atoms with Gasteiger partial charge in [-0.15, -0.1) is 0 Å². The van der Waals surface area contributed by atoms with Crippen LogP contribution in [0.15, 0.2) is 6.20 Å². The van der Waals surface area contributed by atoms with Gasteiger partial charge in [0.05, 0.1) is 0 Å². The summed E-state index contributed by atoms with van der Waals surface area (Å²) in [4.78, 5) is 11.6. The highest BCUT2D eigenvalue weighted by Gasteiger charge is 2.28. The Bertz CT molecular complexity index is 445. The second kappa shape index (κ2) is 5.08. The first-order valence-corrected chi connectivity index (χ1v) is 7.44. The summed E-state index contributed by atoms with van der Waals surface area (Å²) >= 11 is 0. The van der Waals surface area contributed by atoms with E-state index in [0.29, 0.717) is 0 Å². The van der Waals surface area contributed by atoms with Gasteiger partial charge in [-0.05, 0) is 31.6 Å². The fourth-order valence-electron chi connectivity index (χ4n) is 2.64. The lowest BCUT2D eigenvalue weighted by atomic mass is 10.0. The molecular weight excluding hydrogens is 236 g/mol. The molecule has 3 rings (SSSR count). The van der Waals surface area contributed by atoms with Gasteiger partial charge < -0.3 is 10.2 Å². The van der Waals surface area contributed by atoms with Crippen LogP contribution in [-0.2, 0) is 6.54 Å². The highest BCUT2D eigenvalue weighted by Crippen LogP contribution is 2.26. The summed E-state index contributed by atoms with van der Waals surface area (Å²) < 4.78 is 0. The van der Waals surface area contributed by atoms with Crippen molar-refractivity contribution >= 4 is 5.95 Å². The van der Waals surface area contributed by atoms with E-state index in [4.69, 9.17) is 4.98 Å². The molecule has 4 heteroatoms. The summed E-state index contributed by atoms with van der Waals surface area (Å²) in [6.45, 7) is 9.79. The largest absolute Gasteiger partial charge is 0.340 e. The Hall–Kier alpha value is -1.16. The minimum absolute atomic E-state index is 0.736. The standard InChI is InChI=1S/C15H24N4/c1-10-8-19(9-11(10)2)15-17-7-13(12(3)18-15)6-16-14-4-5-14/h7,10-11,14,16H,4-6,8-9H2,1-3H3. The Balaban J connectivity index is 1.68. The Morgan fingerprint density at radius 1 is 1.26 bits per heavy atom. The molecule has 1 aliphatic carbocycles. The van der Waals surface area contributed by atoms with Gasteiger partial charge in [-0.3, -0.25) is 0 Å². The van der Waals surface area contributed by atoms with E-state index in [2.05, 4.69) is 36.0 Å². The van der Waals surface area contributed by atoms with Gasteiger partial charge in [0, 0.05) is 43.1 Å². The van der Waals surface area contributed by atoms with Gasteiger partial charge >= 0.3 is 0 Å². The van der Waals surface area contributed by atoms with Gasteiger partial charge in [0.25, 0.3) is 0 Å². The van der Waals surface area contributed by atoms with Crippen molar-refractivity contribution in [2.45, 2.75) is 46.2 Å². The molecule has 1 N–H and O–H groups in total. The van der Waals surface area contributed by atoms with Crippen LogP contribution in [-0.4, -0.2) is 29.1 Å². The number of nitrogens with one attached hydrogen (secondary N) is 1. The van der Waals surface area contributed by atoms with Crippen molar-refractivity contribution in [1.82, 2.24) is 15.3 Å². The van der Waals surface area contributed by atoms with E-state index in [1.165, 1.54) is 18.4 Å². The van der Waals surface area contributed by atoms with Crippen LogP contribution in [0.5, 0.6) is 0 Å². The maximum Gasteiger partial charge on any atom is 0.225 e. The molecule has 1 aromatic heterocycles. The number of nitrogens with zero attached hydrogens (tertiary/aromatic N) is 3. The average molecular weight is 260 g/mol. The predicted molar refractivity (Wildman–Crippen MR) is 77.2 cm³/mol. The van der Waals surface area contributed by atoms with Crippen LogP contribution >= 0.6 is 0 Å². The number of hydrogen-bond acceptors (Lipinski definition) is 4. The highest BCUT2D eigenvalue weighted by atomic mass is 15.3. The topological polar surface area (TPSA) is 41.1 Å². The van der Waals surface area contributed by atoms with Crippen LogP contribution in [0.3, 0.4) is 0 Å². The summed E-state index contributed by atoms with van der Waals surface area (Å²) in [7, 11) is 0. The molecule has 1 aliphatic heterocycles. The Morgan fingerprint density at radius 2 is 1.95 bits per heavy atom. The van der Waals surface area contributed by atoms with Crippen LogP contribution in [0.2, 0.25) is 0 Å². The lowest BCUT2D eigenvalue weighted by molar-refractivity contribution is 0.494. The molecule has 2 fully saturated rings. The van der Waals surface area contributed by atoms with E-state index in [-0.39, 0.29) is 0 Å². The third kappa shape index (κ3) is 2.89. The van der Waals surface area contributed by atoms with Crippen LogP contribution in [0.25, 0.3) is 0 Å². The van der Waals surface area contributed by atoms with Crippen LogP contribution < -0.4 is 10.2 Å². The molecule has 2 atom stereocenters. The number of aromatic nitrogens is 2. The Morgan fingerprint density at radius 3 is 2.53 bits per heavy atom. The summed E-state index contributed by atoms with van der Waals surface area (Å²) in [5.74, 6) is 2.38. The molecule has 2 heterocycles. The molecule has 2 aliphatic rings. The van der Waals surface area contributed by atoms with E-state index in [1.807, 2.05) is 6.20 Å². The number of hydrogen-bond donors (Lipinski definition) is 1. The molecular formula is C15H24N4. The van der Waals surface area contributed by atoms with E-state index in [9.17, 15) is 0 Å². The smallest absolute Gasteiger partial charge is 0.225 e. The molecule has 1 saturated heterocycles.